The van der Waals surface area contributed by atoms with Gasteiger partial charge in [-0.1, -0.05) is 39.7 Å². The summed E-state index contributed by atoms with van der Waals surface area (Å²) in [5, 5.41) is 3.75. The van der Waals surface area contributed by atoms with Crippen molar-refractivity contribution in [1.82, 2.24) is 0 Å². The summed E-state index contributed by atoms with van der Waals surface area (Å²) in [4.78, 5) is 14.7. The van der Waals surface area contributed by atoms with Crippen molar-refractivity contribution in [3.05, 3.63) is 58.0 Å². The number of nitrogens with zero attached hydrogens (tertiary/aromatic N) is 1. The fourth-order valence-corrected chi connectivity index (χ4v) is 3.47. The number of piperidine rings is 1. The summed E-state index contributed by atoms with van der Waals surface area (Å²) >= 11 is 9.47. The lowest BCUT2D eigenvalue weighted by Gasteiger charge is -2.33. The van der Waals surface area contributed by atoms with Crippen molar-refractivity contribution in [2.24, 2.45) is 5.92 Å². The van der Waals surface area contributed by atoms with Gasteiger partial charge in [0.25, 0.3) is 0 Å². The van der Waals surface area contributed by atoms with Crippen LogP contribution in [0.2, 0.25) is 5.02 Å². The molecule has 0 bridgehead atoms. The number of halogens is 2. The molecule has 0 unspecified atom stereocenters. The van der Waals surface area contributed by atoms with Crippen LogP contribution in [0.3, 0.4) is 0 Å². The minimum Gasteiger partial charge on any atom is -0.371 e. The molecule has 1 aliphatic heterocycles. The molecule has 1 aliphatic rings. The second-order valence-electron chi connectivity index (χ2n) is 5.74. The lowest BCUT2D eigenvalue weighted by Crippen LogP contribution is -2.38. The third-order valence-corrected chi connectivity index (χ3v) is 4.86. The van der Waals surface area contributed by atoms with E-state index in [9.17, 15) is 4.79 Å². The second-order valence-corrected chi connectivity index (χ2v) is 7.09. The monoisotopic (exact) mass is 392 g/mol. The molecule has 1 saturated heterocycles. The van der Waals surface area contributed by atoms with Crippen LogP contribution in [-0.2, 0) is 4.79 Å². The highest BCUT2D eigenvalue weighted by Gasteiger charge is 2.25. The smallest absolute Gasteiger partial charge is 0.227 e. The van der Waals surface area contributed by atoms with Gasteiger partial charge in [0.1, 0.15) is 0 Å². The van der Waals surface area contributed by atoms with E-state index in [4.69, 9.17) is 11.6 Å². The average Bonchev–Trinajstić information content (AvgIpc) is 2.55. The van der Waals surface area contributed by atoms with E-state index in [0.29, 0.717) is 0 Å². The lowest BCUT2D eigenvalue weighted by atomic mass is 9.95. The number of carbonyl (C=O) groups is 1. The van der Waals surface area contributed by atoms with Crippen LogP contribution >= 0.6 is 27.5 Å². The zero-order chi connectivity index (χ0) is 16.2. The molecule has 3 nitrogen and oxygen atoms in total. The van der Waals surface area contributed by atoms with Crippen molar-refractivity contribution in [2.45, 2.75) is 12.8 Å². The molecule has 1 fully saturated rings. The Balaban J connectivity index is 1.57. The molecule has 0 spiro atoms. The zero-order valence-electron chi connectivity index (χ0n) is 12.6. The average molecular weight is 394 g/mol. The van der Waals surface area contributed by atoms with Gasteiger partial charge in [0.05, 0.1) is 0 Å². The first-order chi connectivity index (χ1) is 11.1. The van der Waals surface area contributed by atoms with E-state index in [-0.39, 0.29) is 11.8 Å². The molecular formula is C18H18BrClN2O. The number of amides is 1. The summed E-state index contributed by atoms with van der Waals surface area (Å²) in [6.45, 7) is 1.74. The molecule has 5 heteroatoms. The molecule has 1 heterocycles. The van der Waals surface area contributed by atoms with Crippen LogP contribution < -0.4 is 10.2 Å². The maximum Gasteiger partial charge on any atom is 0.227 e. The van der Waals surface area contributed by atoms with Gasteiger partial charge in [0.2, 0.25) is 5.91 Å². The van der Waals surface area contributed by atoms with Crippen LogP contribution in [0.15, 0.2) is 53.0 Å². The second kappa shape index (κ2) is 7.37. The Morgan fingerprint density at radius 1 is 1.13 bits per heavy atom. The van der Waals surface area contributed by atoms with Gasteiger partial charge >= 0.3 is 0 Å². The summed E-state index contributed by atoms with van der Waals surface area (Å²) in [5.74, 6) is 0.165. The summed E-state index contributed by atoms with van der Waals surface area (Å²) in [7, 11) is 0. The first-order valence-corrected chi connectivity index (χ1v) is 8.86. The number of hydrogen-bond donors (Lipinski definition) is 1. The molecule has 2 aromatic rings. The largest absolute Gasteiger partial charge is 0.371 e. The van der Waals surface area contributed by atoms with Gasteiger partial charge in [-0.05, 0) is 49.2 Å². The molecule has 0 saturated carbocycles. The van der Waals surface area contributed by atoms with Gasteiger partial charge in [0.15, 0.2) is 0 Å². The number of benzene rings is 2. The zero-order valence-corrected chi connectivity index (χ0v) is 15.0. The van der Waals surface area contributed by atoms with Gasteiger partial charge in [-0.15, -0.1) is 0 Å². The van der Waals surface area contributed by atoms with Crippen molar-refractivity contribution in [3.63, 3.8) is 0 Å². The summed E-state index contributed by atoms with van der Waals surface area (Å²) in [5.41, 5.74) is 1.96. The fourth-order valence-electron chi connectivity index (χ4n) is 2.88. The Kier molecular flexibility index (Phi) is 5.23. The molecule has 1 amide bonds. The van der Waals surface area contributed by atoms with Gasteiger partial charge in [-0.3, -0.25) is 4.79 Å². The Hall–Kier alpha value is -1.52. The van der Waals surface area contributed by atoms with Crippen LogP contribution in [-0.4, -0.2) is 19.0 Å². The minimum absolute atomic E-state index is 0.0596. The van der Waals surface area contributed by atoms with E-state index in [1.165, 1.54) is 0 Å². The maximum absolute atomic E-state index is 12.4. The Morgan fingerprint density at radius 3 is 2.57 bits per heavy atom. The molecule has 2 aromatic carbocycles. The topological polar surface area (TPSA) is 32.3 Å². The summed E-state index contributed by atoms with van der Waals surface area (Å²) in [6, 6.07) is 15.6. The van der Waals surface area contributed by atoms with Gasteiger partial charge in [-0.2, -0.15) is 0 Å². The van der Waals surface area contributed by atoms with Crippen molar-refractivity contribution in [1.29, 1.82) is 0 Å². The number of nitrogens with one attached hydrogen (secondary N) is 1. The predicted molar refractivity (Wildman–Crippen MR) is 99.2 cm³/mol. The standard InChI is InChI=1S/C18H18BrClN2O/c19-14-3-1-5-16(11-14)21-18(23)13-7-9-22(10-8-13)17-6-2-4-15(20)12-17/h1-6,11-13H,7-10H2,(H,21,23). The minimum atomic E-state index is 0.0596. The van der Waals surface area contributed by atoms with Crippen LogP contribution in [0, 0.1) is 5.92 Å². The molecule has 0 atom stereocenters. The molecule has 1 N–H and O–H groups in total. The molecule has 0 radical (unpaired) electrons. The quantitative estimate of drug-likeness (QED) is 0.799. The van der Waals surface area contributed by atoms with E-state index in [1.807, 2.05) is 42.5 Å². The first-order valence-electron chi connectivity index (χ1n) is 7.69. The Morgan fingerprint density at radius 2 is 1.87 bits per heavy atom. The molecule has 23 heavy (non-hydrogen) atoms. The van der Waals surface area contributed by atoms with Crippen LogP contribution in [0.25, 0.3) is 0 Å². The van der Waals surface area contributed by atoms with Crippen LogP contribution in [0.5, 0.6) is 0 Å². The fraction of sp³-hybridized carbons (Fsp3) is 0.278. The highest BCUT2D eigenvalue weighted by molar-refractivity contribution is 9.10. The Bertz CT molecular complexity index is 699. The van der Waals surface area contributed by atoms with Gasteiger partial charge < -0.3 is 10.2 Å². The van der Waals surface area contributed by atoms with Crippen LogP contribution in [0.4, 0.5) is 11.4 Å². The van der Waals surface area contributed by atoms with Gasteiger partial charge in [-0.25, -0.2) is 0 Å². The van der Waals surface area contributed by atoms with Gasteiger partial charge in [0, 0.05) is 39.9 Å². The number of anilines is 2. The lowest BCUT2D eigenvalue weighted by molar-refractivity contribution is -0.120. The third kappa shape index (κ3) is 4.27. The third-order valence-electron chi connectivity index (χ3n) is 4.13. The molecule has 120 valence electrons. The van der Waals surface area contributed by atoms with Crippen molar-refractivity contribution in [2.75, 3.05) is 23.3 Å². The number of carbonyl (C=O) groups excluding carboxylic acids is 1. The highest BCUT2D eigenvalue weighted by atomic mass is 79.9. The molecular weight excluding hydrogens is 376 g/mol. The van der Waals surface area contributed by atoms with E-state index < -0.39 is 0 Å². The summed E-state index contributed by atoms with van der Waals surface area (Å²) < 4.78 is 0.964. The first kappa shape index (κ1) is 16.3. The highest BCUT2D eigenvalue weighted by Crippen LogP contribution is 2.26. The predicted octanol–water partition coefficient (Wildman–Crippen LogP) is 4.96. The van der Waals surface area contributed by atoms with E-state index >= 15 is 0 Å². The maximum atomic E-state index is 12.4. The van der Waals surface area contributed by atoms with E-state index in [2.05, 4.69) is 32.2 Å². The number of hydrogen-bond acceptors (Lipinski definition) is 2. The molecule has 0 aromatic heterocycles. The Labute approximate surface area is 149 Å². The van der Waals surface area contributed by atoms with E-state index in [1.54, 1.807) is 0 Å². The van der Waals surface area contributed by atoms with Crippen LogP contribution in [0.1, 0.15) is 12.8 Å². The van der Waals surface area contributed by atoms with E-state index in [0.717, 1.165) is 46.8 Å². The summed E-state index contributed by atoms with van der Waals surface area (Å²) in [6.07, 6.45) is 1.71. The van der Waals surface area contributed by atoms with Crippen molar-refractivity contribution < 1.29 is 4.79 Å². The van der Waals surface area contributed by atoms with Crippen molar-refractivity contribution in [3.8, 4) is 0 Å². The SMILES string of the molecule is O=C(Nc1cccc(Br)c1)C1CCN(c2cccc(Cl)c2)CC1. The molecule has 3 rings (SSSR count). The number of rotatable bonds is 3. The molecule has 0 aliphatic carbocycles. The van der Waals surface area contributed by atoms with Crippen molar-refractivity contribution >= 4 is 44.8 Å². The normalized spacial score (nSPS) is 15.5.